The molecule has 3 heterocycles. The predicted octanol–water partition coefficient (Wildman–Crippen LogP) is 0.00980. The van der Waals surface area contributed by atoms with E-state index in [0.29, 0.717) is 5.69 Å². The largest absolute Gasteiger partial charge is 0.459 e. The first-order valence-corrected chi connectivity index (χ1v) is 9.25. The number of nitrogens with zero attached hydrogens (tertiary/aromatic N) is 1. The molecule has 156 valence electrons. The SMILES string of the molecule is [2H]C1C(OC(=O)CCC(=O)NC)C2OC1C1C(=O)N(c3ccccc3)C(=O)C21.[3H]OC. The Morgan fingerprint density at radius 1 is 1.31 bits per heavy atom. The summed E-state index contributed by atoms with van der Waals surface area (Å²) in [5.41, 5.74) is 0.479. The number of ether oxygens (including phenoxy) is 2. The van der Waals surface area contributed by atoms with Crippen LogP contribution < -0.4 is 10.2 Å². The van der Waals surface area contributed by atoms with Gasteiger partial charge in [0.25, 0.3) is 0 Å². The van der Waals surface area contributed by atoms with Crippen LogP contribution in [0.1, 0.15) is 20.6 Å². The van der Waals surface area contributed by atoms with Crippen LogP contribution in [0.15, 0.2) is 30.3 Å². The number of fused-ring (bicyclic) bond motifs is 5. The maximum absolute atomic E-state index is 13.0. The summed E-state index contributed by atoms with van der Waals surface area (Å²) in [6.07, 6.45) is -3.66. The Balaban J connectivity index is 0.000000858. The number of imide groups is 1. The summed E-state index contributed by atoms with van der Waals surface area (Å²) in [6, 6.07) is 8.61. The number of aliphatic hydroxyl groups excluding tert-OH is 1. The first-order valence-electron chi connectivity index (χ1n) is 10.2. The van der Waals surface area contributed by atoms with Crippen LogP contribution in [0.5, 0.6) is 0 Å². The lowest BCUT2D eigenvalue weighted by molar-refractivity contribution is -0.154. The Bertz CT molecular complexity index is 853. The van der Waals surface area contributed by atoms with Crippen molar-refractivity contribution in [2.75, 3.05) is 19.1 Å². The second kappa shape index (κ2) is 8.71. The van der Waals surface area contributed by atoms with E-state index in [1.807, 2.05) is 0 Å². The van der Waals surface area contributed by atoms with E-state index >= 15 is 0 Å². The van der Waals surface area contributed by atoms with E-state index in [1.165, 1.54) is 14.2 Å². The zero-order valence-corrected chi connectivity index (χ0v) is 16.1. The van der Waals surface area contributed by atoms with Crippen molar-refractivity contribution in [3.63, 3.8) is 0 Å². The molecule has 3 amide bonds. The summed E-state index contributed by atoms with van der Waals surface area (Å²) in [7, 11) is 2.76. The van der Waals surface area contributed by atoms with E-state index in [-0.39, 0.29) is 24.7 Å². The van der Waals surface area contributed by atoms with Crippen molar-refractivity contribution in [1.29, 1.82) is 1.43 Å². The second-order valence-electron chi connectivity index (χ2n) is 6.78. The first kappa shape index (κ1) is 18.3. The molecule has 0 aromatic heterocycles. The standard InChI is InChI=1S/C19H20N2O6.CH4O/c1-20-13(22)7-8-14(23)26-12-9-11-15-16(17(12)27-11)19(25)21(18(15)24)10-5-3-2-4-6-10;1-2/h2-6,11-12,15-17H,7-9H2,1H3,(H,20,22);2H,1H3/i9D;2T. The maximum Gasteiger partial charge on any atom is 0.306 e. The molecule has 3 fully saturated rings. The average Bonchev–Trinajstić information content (AvgIpc) is 3.37. The molecular formula is C20H24N2O7. The van der Waals surface area contributed by atoms with Crippen LogP contribution in [0.4, 0.5) is 5.69 Å². The Morgan fingerprint density at radius 2 is 1.97 bits per heavy atom. The van der Waals surface area contributed by atoms with Crippen molar-refractivity contribution < 1.29 is 35.1 Å². The van der Waals surface area contributed by atoms with Crippen LogP contribution >= 0.6 is 0 Å². The first-order chi connectivity index (χ1) is 14.8. The monoisotopic (exact) mass is 407 g/mol. The number of esters is 1. The van der Waals surface area contributed by atoms with Gasteiger partial charge in [-0.1, -0.05) is 18.2 Å². The summed E-state index contributed by atoms with van der Waals surface area (Å²) in [5, 5.41) is 5.91. The van der Waals surface area contributed by atoms with Gasteiger partial charge >= 0.3 is 5.97 Å². The van der Waals surface area contributed by atoms with Gasteiger partial charge in [0.1, 0.15) is 12.2 Å². The highest BCUT2D eigenvalue weighted by Crippen LogP contribution is 2.50. The van der Waals surface area contributed by atoms with Crippen molar-refractivity contribution in [2.24, 2.45) is 11.8 Å². The van der Waals surface area contributed by atoms with Crippen molar-refractivity contribution in [1.82, 2.24) is 5.32 Å². The molecule has 2 bridgehead atoms. The zero-order valence-electron chi connectivity index (χ0n) is 18.1. The fraction of sp³-hybridized carbons (Fsp3) is 0.500. The number of aliphatic hydroxyl groups is 1. The van der Waals surface area contributed by atoms with Gasteiger partial charge in [-0.15, -0.1) is 0 Å². The Labute approximate surface area is 170 Å². The number of rotatable bonds is 5. The predicted molar refractivity (Wildman–Crippen MR) is 101 cm³/mol. The number of carbonyl (C=O) groups is 4. The molecule has 6 atom stereocenters. The zero-order chi connectivity index (χ0) is 22.7. The number of hydrogen-bond donors (Lipinski definition) is 2. The number of amides is 3. The molecule has 0 radical (unpaired) electrons. The lowest BCUT2D eigenvalue weighted by atomic mass is 9.79. The summed E-state index contributed by atoms with van der Waals surface area (Å²) >= 11 is 0. The molecule has 0 aliphatic carbocycles. The number of benzene rings is 1. The molecule has 0 spiro atoms. The molecule has 3 aliphatic heterocycles. The molecule has 1 aromatic carbocycles. The quantitative estimate of drug-likeness (QED) is 0.521. The van der Waals surface area contributed by atoms with Gasteiger partial charge in [-0.25, -0.2) is 4.90 Å². The lowest BCUT2D eigenvalue weighted by Crippen LogP contribution is -2.41. The lowest BCUT2D eigenvalue weighted by Gasteiger charge is -2.25. The molecule has 1 aromatic rings. The van der Waals surface area contributed by atoms with E-state index in [4.69, 9.17) is 12.3 Å². The van der Waals surface area contributed by atoms with Crippen molar-refractivity contribution in [3.8, 4) is 0 Å². The summed E-state index contributed by atoms with van der Waals surface area (Å²) in [5.74, 6) is -3.20. The molecule has 3 saturated heterocycles. The third-order valence-electron chi connectivity index (χ3n) is 5.24. The highest BCUT2D eigenvalue weighted by molar-refractivity contribution is 6.22. The smallest absolute Gasteiger partial charge is 0.306 e. The third-order valence-corrected chi connectivity index (χ3v) is 5.24. The van der Waals surface area contributed by atoms with Crippen LogP contribution in [0.25, 0.3) is 0 Å². The van der Waals surface area contributed by atoms with Gasteiger partial charge in [0.05, 0.1) is 30.0 Å². The van der Waals surface area contributed by atoms with Crippen LogP contribution in [0.3, 0.4) is 0 Å². The number of carbonyl (C=O) groups excluding carboxylic acids is 4. The maximum atomic E-state index is 13.0. The van der Waals surface area contributed by atoms with Gasteiger partial charge in [0, 0.05) is 28.3 Å². The topological polar surface area (TPSA) is 122 Å². The number of para-hydroxylation sites is 1. The highest BCUT2D eigenvalue weighted by atomic mass is 16.6. The molecule has 29 heavy (non-hydrogen) atoms. The van der Waals surface area contributed by atoms with Gasteiger partial charge in [-0.3, -0.25) is 19.2 Å². The second-order valence-corrected chi connectivity index (χ2v) is 6.78. The van der Waals surface area contributed by atoms with Crippen LogP contribution in [-0.2, 0) is 28.7 Å². The van der Waals surface area contributed by atoms with Crippen LogP contribution in [0, 0.1) is 11.8 Å². The number of hydrogen-bond acceptors (Lipinski definition) is 7. The van der Waals surface area contributed by atoms with Gasteiger partial charge in [-0.05, 0) is 12.1 Å². The van der Waals surface area contributed by atoms with Gasteiger partial charge in [0.15, 0.2) is 0 Å². The minimum absolute atomic E-state index is 0.0229. The summed E-state index contributed by atoms with van der Waals surface area (Å²) in [6.45, 7) is 0. The normalized spacial score (nSPS) is 32.7. The van der Waals surface area contributed by atoms with E-state index < -0.39 is 48.4 Å². The van der Waals surface area contributed by atoms with Crippen molar-refractivity contribution in [2.45, 2.75) is 37.6 Å². The van der Waals surface area contributed by atoms with Gasteiger partial charge < -0.3 is 19.9 Å². The minimum Gasteiger partial charge on any atom is -0.459 e. The minimum atomic E-state index is -0.956. The Morgan fingerprint density at radius 3 is 2.62 bits per heavy atom. The highest BCUT2D eigenvalue weighted by Gasteiger charge is 2.66. The summed E-state index contributed by atoms with van der Waals surface area (Å²) < 4.78 is 25.1. The molecule has 9 heteroatoms. The van der Waals surface area contributed by atoms with Crippen molar-refractivity contribution >= 4 is 29.4 Å². The van der Waals surface area contributed by atoms with Gasteiger partial charge in [-0.2, -0.15) is 0 Å². The summed E-state index contributed by atoms with van der Waals surface area (Å²) in [4.78, 5) is 50.3. The Hall–Kier alpha value is -2.78. The van der Waals surface area contributed by atoms with E-state index in [9.17, 15) is 19.2 Å². The fourth-order valence-electron chi connectivity index (χ4n) is 3.99. The molecule has 9 nitrogen and oxygen atoms in total. The van der Waals surface area contributed by atoms with E-state index in [0.717, 1.165) is 4.90 Å². The molecule has 2 N–H and O–H groups in total. The van der Waals surface area contributed by atoms with Crippen LogP contribution in [-0.4, -0.2) is 62.7 Å². The number of nitrogens with one attached hydrogen (secondary N) is 1. The molecular weight excluding hydrogens is 380 g/mol. The molecule has 0 saturated carbocycles. The molecule has 6 unspecified atom stereocenters. The number of anilines is 1. The molecule has 3 aliphatic rings. The molecule has 4 rings (SSSR count). The van der Waals surface area contributed by atoms with Crippen molar-refractivity contribution in [3.05, 3.63) is 30.3 Å². The van der Waals surface area contributed by atoms with E-state index in [1.54, 1.807) is 30.3 Å². The fourth-order valence-corrected chi connectivity index (χ4v) is 3.99. The average molecular weight is 407 g/mol. The van der Waals surface area contributed by atoms with E-state index in [2.05, 4.69) is 10.4 Å². The Kier molecular flexibility index (Phi) is 5.48. The third kappa shape index (κ3) is 3.75. The van der Waals surface area contributed by atoms with Gasteiger partial charge in [0.2, 0.25) is 19.2 Å². The van der Waals surface area contributed by atoms with Crippen LogP contribution in [0.2, 0.25) is 0 Å².